The van der Waals surface area contributed by atoms with Gasteiger partial charge in [-0.1, -0.05) is 0 Å². The van der Waals surface area contributed by atoms with Crippen molar-refractivity contribution in [2.75, 3.05) is 37.5 Å². The van der Waals surface area contributed by atoms with Gasteiger partial charge >= 0.3 is 11.9 Å². The van der Waals surface area contributed by atoms with Crippen LogP contribution >= 0.6 is 0 Å². The van der Waals surface area contributed by atoms with Crippen molar-refractivity contribution in [1.29, 1.82) is 0 Å². The number of hydrogen-bond acceptors (Lipinski definition) is 8. The fourth-order valence-corrected chi connectivity index (χ4v) is 4.62. The highest BCUT2D eigenvalue weighted by molar-refractivity contribution is 7.92. The Balaban J connectivity index is 2.01. The molecule has 0 aliphatic carbocycles. The van der Waals surface area contributed by atoms with Crippen LogP contribution in [0.15, 0.2) is 41.3 Å². The Morgan fingerprint density at radius 2 is 1.72 bits per heavy atom. The van der Waals surface area contributed by atoms with Crippen LogP contribution in [0.3, 0.4) is 0 Å². The first-order valence-electron chi connectivity index (χ1n) is 9.53. The third-order valence-corrected chi connectivity index (χ3v) is 6.31. The summed E-state index contributed by atoms with van der Waals surface area (Å²) in [5, 5.41) is 0. The summed E-state index contributed by atoms with van der Waals surface area (Å²) in [5.41, 5.74) is 0.359. The van der Waals surface area contributed by atoms with Crippen molar-refractivity contribution in [1.82, 2.24) is 0 Å². The molecular formula is C21H22N2O8S. The SMILES string of the molecule is COC(=O)c1ccc(C(=O)OC)c(S(=O)(=O)Nc2ccc(N3CCCC3=O)c(OC)c2)c1. The molecule has 1 amide bonds. The standard InChI is InChI=1S/C21H22N2O8S/c1-29-17-12-14(7-9-16(17)23-10-4-5-19(23)24)22-32(27,28)18-11-13(20(25)30-2)6-8-15(18)21(26)31-3/h6-9,11-12,22H,4-5,10H2,1-3H3. The van der Waals surface area contributed by atoms with E-state index in [1.807, 2.05) is 0 Å². The van der Waals surface area contributed by atoms with Crippen LogP contribution in [0.1, 0.15) is 33.6 Å². The van der Waals surface area contributed by atoms with Gasteiger partial charge in [-0.25, -0.2) is 18.0 Å². The minimum Gasteiger partial charge on any atom is -0.494 e. The molecule has 0 bridgehead atoms. The summed E-state index contributed by atoms with van der Waals surface area (Å²) >= 11 is 0. The largest absolute Gasteiger partial charge is 0.494 e. The second-order valence-corrected chi connectivity index (χ2v) is 8.49. The number of rotatable bonds is 7. The zero-order valence-electron chi connectivity index (χ0n) is 17.7. The molecule has 1 aliphatic rings. The number of carbonyl (C=O) groups excluding carboxylic acids is 3. The highest BCUT2D eigenvalue weighted by Gasteiger charge is 2.27. The minimum atomic E-state index is -4.33. The van der Waals surface area contributed by atoms with E-state index in [1.54, 1.807) is 11.0 Å². The zero-order chi connectivity index (χ0) is 23.5. The molecule has 11 heteroatoms. The molecule has 1 aliphatic heterocycles. The third kappa shape index (κ3) is 4.52. The van der Waals surface area contributed by atoms with Crippen molar-refractivity contribution in [3.8, 4) is 5.75 Å². The summed E-state index contributed by atoms with van der Waals surface area (Å²) in [6.07, 6.45) is 1.16. The van der Waals surface area contributed by atoms with Gasteiger partial charge in [-0.3, -0.25) is 9.52 Å². The first-order chi connectivity index (χ1) is 15.2. The van der Waals surface area contributed by atoms with Gasteiger partial charge in [0.2, 0.25) is 5.91 Å². The summed E-state index contributed by atoms with van der Waals surface area (Å²) < 4.78 is 43.3. The molecular weight excluding hydrogens is 440 g/mol. The van der Waals surface area contributed by atoms with E-state index in [4.69, 9.17) is 4.74 Å². The molecule has 0 unspecified atom stereocenters. The van der Waals surface area contributed by atoms with Crippen LogP contribution in [0.25, 0.3) is 0 Å². The lowest BCUT2D eigenvalue weighted by molar-refractivity contribution is -0.117. The van der Waals surface area contributed by atoms with Crippen molar-refractivity contribution in [3.05, 3.63) is 47.5 Å². The van der Waals surface area contributed by atoms with E-state index in [0.29, 0.717) is 24.4 Å². The average molecular weight is 462 g/mol. The number of carbonyl (C=O) groups is 3. The Morgan fingerprint density at radius 1 is 1.00 bits per heavy atom. The van der Waals surface area contributed by atoms with E-state index in [0.717, 1.165) is 26.7 Å². The van der Waals surface area contributed by atoms with Gasteiger partial charge < -0.3 is 19.1 Å². The highest BCUT2D eigenvalue weighted by Crippen LogP contribution is 2.34. The number of methoxy groups -OCH3 is 3. The smallest absolute Gasteiger partial charge is 0.339 e. The molecule has 10 nitrogen and oxygen atoms in total. The average Bonchev–Trinajstić information content (AvgIpc) is 3.22. The maximum Gasteiger partial charge on any atom is 0.339 e. The predicted octanol–water partition coefficient (Wildman–Crippen LogP) is 2.20. The molecule has 1 saturated heterocycles. The zero-order valence-corrected chi connectivity index (χ0v) is 18.5. The number of esters is 2. The first kappa shape index (κ1) is 23.1. The maximum absolute atomic E-state index is 13.1. The summed E-state index contributed by atoms with van der Waals surface area (Å²) in [6.45, 7) is 0.545. The molecule has 32 heavy (non-hydrogen) atoms. The number of amides is 1. The molecule has 1 N–H and O–H groups in total. The maximum atomic E-state index is 13.1. The van der Waals surface area contributed by atoms with Crippen molar-refractivity contribution in [2.45, 2.75) is 17.7 Å². The molecule has 2 aromatic rings. The van der Waals surface area contributed by atoms with E-state index in [-0.39, 0.29) is 22.7 Å². The van der Waals surface area contributed by atoms with Gasteiger partial charge in [0.25, 0.3) is 10.0 Å². The first-order valence-corrected chi connectivity index (χ1v) is 11.0. The van der Waals surface area contributed by atoms with Crippen LogP contribution < -0.4 is 14.4 Å². The van der Waals surface area contributed by atoms with Gasteiger partial charge in [-0.2, -0.15) is 0 Å². The molecule has 0 radical (unpaired) electrons. The van der Waals surface area contributed by atoms with Crippen LogP contribution in [0.5, 0.6) is 5.75 Å². The van der Waals surface area contributed by atoms with Crippen molar-refractivity contribution >= 4 is 39.2 Å². The second-order valence-electron chi connectivity index (χ2n) is 6.84. The van der Waals surface area contributed by atoms with Crippen molar-refractivity contribution in [3.63, 3.8) is 0 Å². The number of hydrogen-bond donors (Lipinski definition) is 1. The monoisotopic (exact) mass is 462 g/mol. The molecule has 2 aromatic carbocycles. The molecule has 3 rings (SSSR count). The summed E-state index contributed by atoms with van der Waals surface area (Å²) in [4.78, 5) is 37.2. The number of benzene rings is 2. The predicted molar refractivity (Wildman–Crippen MR) is 115 cm³/mol. The Morgan fingerprint density at radius 3 is 2.31 bits per heavy atom. The Bertz CT molecular complexity index is 1180. The summed E-state index contributed by atoms with van der Waals surface area (Å²) in [7, 11) is -0.647. The van der Waals surface area contributed by atoms with Crippen LogP contribution in [0, 0.1) is 0 Å². The fraction of sp³-hybridized carbons (Fsp3) is 0.286. The van der Waals surface area contributed by atoms with E-state index in [9.17, 15) is 22.8 Å². The van der Waals surface area contributed by atoms with E-state index >= 15 is 0 Å². The minimum absolute atomic E-state index is 0.0426. The number of anilines is 2. The van der Waals surface area contributed by atoms with Gasteiger partial charge in [0.15, 0.2) is 0 Å². The molecule has 0 spiro atoms. The Kier molecular flexibility index (Phi) is 6.68. The molecule has 0 aromatic heterocycles. The van der Waals surface area contributed by atoms with Crippen LogP contribution in [0.4, 0.5) is 11.4 Å². The molecule has 0 atom stereocenters. The van der Waals surface area contributed by atoms with Crippen molar-refractivity contribution in [2.24, 2.45) is 0 Å². The van der Waals surface area contributed by atoms with E-state index in [1.165, 1.54) is 31.4 Å². The molecule has 1 heterocycles. The Labute approximate surface area is 185 Å². The quantitative estimate of drug-likeness (QED) is 0.620. The van der Waals surface area contributed by atoms with Crippen LogP contribution in [0.2, 0.25) is 0 Å². The number of sulfonamides is 1. The Hall–Kier alpha value is -3.60. The van der Waals surface area contributed by atoms with Gasteiger partial charge in [0.1, 0.15) is 10.6 Å². The normalized spacial score (nSPS) is 13.6. The number of nitrogens with one attached hydrogen (secondary N) is 1. The molecule has 0 saturated carbocycles. The lowest BCUT2D eigenvalue weighted by Gasteiger charge is -2.20. The van der Waals surface area contributed by atoms with Gasteiger partial charge in [-0.15, -0.1) is 0 Å². The fourth-order valence-electron chi connectivity index (χ4n) is 3.35. The highest BCUT2D eigenvalue weighted by atomic mass is 32.2. The van der Waals surface area contributed by atoms with E-state index < -0.39 is 26.9 Å². The topological polar surface area (TPSA) is 128 Å². The van der Waals surface area contributed by atoms with Gasteiger partial charge in [-0.05, 0) is 36.8 Å². The van der Waals surface area contributed by atoms with Crippen molar-refractivity contribution < 1.29 is 37.0 Å². The third-order valence-electron chi connectivity index (χ3n) is 4.89. The van der Waals surface area contributed by atoms with Crippen LogP contribution in [-0.4, -0.2) is 54.1 Å². The van der Waals surface area contributed by atoms with Crippen LogP contribution in [-0.2, 0) is 24.3 Å². The lowest BCUT2D eigenvalue weighted by atomic mass is 10.1. The van der Waals surface area contributed by atoms with Gasteiger partial charge in [0, 0.05) is 19.0 Å². The lowest BCUT2D eigenvalue weighted by Crippen LogP contribution is -2.24. The number of ether oxygens (including phenoxy) is 3. The van der Waals surface area contributed by atoms with Gasteiger partial charge in [0.05, 0.1) is 43.8 Å². The van der Waals surface area contributed by atoms with E-state index in [2.05, 4.69) is 14.2 Å². The number of nitrogens with zero attached hydrogens (tertiary/aromatic N) is 1. The summed E-state index contributed by atoms with van der Waals surface area (Å²) in [6, 6.07) is 7.96. The molecule has 1 fully saturated rings. The molecule has 170 valence electrons. The summed E-state index contributed by atoms with van der Waals surface area (Å²) in [5.74, 6) is -1.39. The second kappa shape index (κ2) is 9.27.